The molecule has 0 saturated carbocycles. The predicted molar refractivity (Wildman–Crippen MR) is 88.7 cm³/mol. The second kappa shape index (κ2) is 6.54. The molecule has 0 aromatic carbocycles. The summed E-state index contributed by atoms with van der Waals surface area (Å²) in [6.07, 6.45) is 1.67. The van der Waals surface area contributed by atoms with Crippen LogP contribution in [-0.2, 0) is 16.0 Å². The Bertz CT molecular complexity index is 925. The quantitative estimate of drug-likeness (QED) is 0.592. The number of aromatic nitrogens is 4. The summed E-state index contributed by atoms with van der Waals surface area (Å²) < 4.78 is 41.0. The van der Waals surface area contributed by atoms with Gasteiger partial charge in [-0.1, -0.05) is 0 Å². The first-order chi connectivity index (χ1) is 12.5. The molecule has 0 radical (unpaired) electrons. The van der Waals surface area contributed by atoms with E-state index < -0.39 is 18.4 Å². The summed E-state index contributed by atoms with van der Waals surface area (Å²) in [6, 6.07) is 0.588. The molecule has 3 aromatic heterocycles. The normalized spacial score (nSPS) is 21.5. The summed E-state index contributed by atoms with van der Waals surface area (Å²) in [5.41, 5.74) is 1.66. The van der Waals surface area contributed by atoms with Crippen molar-refractivity contribution in [2.75, 3.05) is 20.3 Å². The van der Waals surface area contributed by atoms with E-state index in [4.69, 9.17) is 9.47 Å². The Hall–Kier alpha value is -2.14. The highest BCUT2D eigenvalue weighted by Gasteiger charge is 2.45. The number of methoxy groups -OCH3 is 1. The van der Waals surface area contributed by atoms with Crippen molar-refractivity contribution in [3.63, 3.8) is 0 Å². The number of ether oxygens (including phenoxy) is 2. The van der Waals surface area contributed by atoms with Gasteiger partial charge in [0.15, 0.2) is 0 Å². The maximum absolute atomic E-state index is 14.7. The lowest BCUT2D eigenvalue weighted by atomic mass is 10.0. The van der Waals surface area contributed by atoms with Crippen LogP contribution in [-0.4, -0.2) is 57.3 Å². The van der Waals surface area contributed by atoms with Crippen LogP contribution in [0, 0.1) is 0 Å². The summed E-state index contributed by atoms with van der Waals surface area (Å²) in [6.45, 7) is -0.0536. The number of halogens is 2. The molecule has 3 N–H and O–H groups in total. The number of imidazole rings is 1. The molecule has 140 valence electrons. The molecular weight excluding hydrogens is 348 g/mol. The molecule has 10 heteroatoms. The second-order valence-corrected chi connectivity index (χ2v) is 6.20. The first-order valence-corrected chi connectivity index (χ1v) is 8.24. The zero-order valence-corrected chi connectivity index (χ0v) is 14.1. The lowest BCUT2D eigenvalue weighted by molar-refractivity contribution is -0.133. The van der Waals surface area contributed by atoms with Gasteiger partial charge in [-0.05, 0) is 6.07 Å². The number of aliphatic hydroxyl groups excluding tert-OH is 1. The van der Waals surface area contributed by atoms with Crippen LogP contribution in [0.5, 0.6) is 0 Å². The van der Waals surface area contributed by atoms with Crippen molar-refractivity contribution in [1.82, 2.24) is 24.8 Å². The van der Waals surface area contributed by atoms with Crippen LogP contribution in [0.25, 0.3) is 22.1 Å². The molecule has 0 amide bonds. The first kappa shape index (κ1) is 17.3. The summed E-state index contributed by atoms with van der Waals surface area (Å²) in [5.74, 6) is -2.59. The number of aliphatic hydroxyl groups is 1. The Balaban J connectivity index is 1.89. The molecule has 1 aliphatic heterocycles. The largest absolute Gasteiger partial charge is 0.379 e. The smallest absolute Gasteiger partial charge is 0.272 e. The second-order valence-electron chi connectivity index (χ2n) is 6.20. The van der Waals surface area contributed by atoms with E-state index in [0.29, 0.717) is 27.9 Å². The molecule has 1 saturated heterocycles. The minimum Gasteiger partial charge on any atom is -0.379 e. The Kier molecular flexibility index (Phi) is 4.35. The molecule has 2 atom stereocenters. The van der Waals surface area contributed by atoms with Crippen molar-refractivity contribution in [3.05, 3.63) is 24.3 Å². The number of fused-ring (bicyclic) bond motifs is 3. The molecule has 26 heavy (non-hydrogen) atoms. The maximum atomic E-state index is 14.7. The number of nitrogens with one attached hydrogen (secondary N) is 2. The number of hydrogen-bond acceptors (Lipinski definition) is 6. The van der Waals surface area contributed by atoms with Gasteiger partial charge in [0.2, 0.25) is 6.41 Å². The highest BCUT2D eigenvalue weighted by molar-refractivity contribution is 6.01. The van der Waals surface area contributed by atoms with Crippen molar-refractivity contribution in [3.8, 4) is 0 Å². The van der Waals surface area contributed by atoms with Crippen LogP contribution in [0.3, 0.4) is 0 Å². The van der Waals surface area contributed by atoms with E-state index >= 15 is 0 Å². The van der Waals surface area contributed by atoms with Gasteiger partial charge in [0.05, 0.1) is 31.5 Å². The summed E-state index contributed by atoms with van der Waals surface area (Å²) in [5, 5.41) is 13.0. The first-order valence-electron chi connectivity index (χ1n) is 8.24. The van der Waals surface area contributed by atoms with Crippen LogP contribution in [0.2, 0.25) is 0 Å². The van der Waals surface area contributed by atoms with Crippen LogP contribution in [0.1, 0.15) is 18.3 Å². The van der Waals surface area contributed by atoms with E-state index in [2.05, 4.69) is 20.3 Å². The van der Waals surface area contributed by atoms with Crippen molar-refractivity contribution in [2.45, 2.75) is 31.3 Å². The van der Waals surface area contributed by atoms with E-state index in [1.807, 2.05) is 0 Å². The number of aromatic amines is 1. The minimum absolute atomic E-state index is 0.0211. The van der Waals surface area contributed by atoms with Crippen LogP contribution < -0.4 is 5.32 Å². The van der Waals surface area contributed by atoms with Crippen LogP contribution >= 0.6 is 0 Å². The van der Waals surface area contributed by atoms with Crippen LogP contribution in [0.4, 0.5) is 8.78 Å². The fourth-order valence-electron chi connectivity index (χ4n) is 3.32. The van der Waals surface area contributed by atoms with E-state index in [9.17, 15) is 13.9 Å². The van der Waals surface area contributed by atoms with Crippen molar-refractivity contribution >= 4 is 22.1 Å². The number of nitrogens with zero attached hydrogens (tertiary/aromatic N) is 3. The molecular formula is C16H19F2N5O3. The van der Waals surface area contributed by atoms with E-state index in [1.54, 1.807) is 18.5 Å². The molecule has 3 aromatic rings. The lowest BCUT2D eigenvalue weighted by Gasteiger charge is -2.33. The van der Waals surface area contributed by atoms with E-state index in [-0.39, 0.29) is 26.2 Å². The number of hydrogen-bond donors (Lipinski definition) is 3. The average molecular weight is 367 g/mol. The molecule has 0 spiro atoms. The van der Waals surface area contributed by atoms with Crippen molar-refractivity contribution in [1.29, 1.82) is 0 Å². The van der Waals surface area contributed by atoms with Gasteiger partial charge in [-0.15, -0.1) is 0 Å². The molecule has 1 fully saturated rings. The predicted octanol–water partition coefficient (Wildman–Crippen LogP) is 1.52. The number of rotatable bonds is 5. The lowest BCUT2D eigenvalue weighted by Crippen LogP contribution is -2.41. The topological polar surface area (TPSA) is 97.2 Å². The fraction of sp³-hybridized carbons (Fsp3) is 0.500. The fourth-order valence-corrected chi connectivity index (χ4v) is 3.32. The molecule has 2 unspecified atom stereocenters. The molecule has 4 rings (SSSR count). The van der Waals surface area contributed by atoms with Crippen LogP contribution in [0.15, 0.2) is 18.5 Å². The summed E-state index contributed by atoms with van der Waals surface area (Å²) in [7, 11) is 1.33. The summed E-state index contributed by atoms with van der Waals surface area (Å²) >= 11 is 0. The van der Waals surface area contributed by atoms with Gasteiger partial charge >= 0.3 is 0 Å². The Morgan fingerprint density at radius 3 is 3.19 bits per heavy atom. The van der Waals surface area contributed by atoms with Gasteiger partial charge in [-0.2, -0.15) is 0 Å². The Morgan fingerprint density at radius 2 is 2.42 bits per heavy atom. The van der Waals surface area contributed by atoms with Gasteiger partial charge in [0.25, 0.3) is 5.92 Å². The average Bonchev–Trinajstić information content (AvgIpc) is 3.22. The highest BCUT2D eigenvalue weighted by atomic mass is 19.3. The standard InChI is InChI=1S/C16H19F2N5O3/c1-25-15(24)21-7-12-22-10-6-20-14-9(2-4-19-14)13(10)23(12)11-8-26-5-3-16(11,17)18/h2,4,6,11,15,21,24H,3,5,7-8H2,1H3,(H,19,20). The zero-order valence-electron chi connectivity index (χ0n) is 14.1. The van der Waals surface area contributed by atoms with Gasteiger partial charge in [-0.3, -0.25) is 5.32 Å². The SMILES string of the molecule is COC(O)NCc1nc2cnc3[nH]ccc3c2n1C1COCCC1(F)F. The molecule has 1 aliphatic rings. The van der Waals surface area contributed by atoms with E-state index in [0.717, 1.165) is 0 Å². The van der Waals surface area contributed by atoms with Crippen molar-refractivity contribution in [2.24, 2.45) is 0 Å². The zero-order chi connectivity index (χ0) is 18.3. The number of pyridine rings is 1. The minimum atomic E-state index is -2.94. The van der Waals surface area contributed by atoms with Gasteiger partial charge in [0.1, 0.15) is 23.0 Å². The number of H-pyrrole nitrogens is 1. The monoisotopic (exact) mass is 367 g/mol. The third kappa shape index (κ3) is 2.84. The summed E-state index contributed by atoms with van der Waals surface area (Å²) in [4.78, 5) is 11.7. The van der Waals surface area contributed by atoms with Gasteiger partial charge < -0.3 is 24.1 Å². The Morgan fingerprint density at radius 1 is 1.58 bits per heavy atom. The van der Waals surface area contributed by atoms with Crippen molar-refractivity contribution < 1.29 is 23.4 Å². The van der Waals surface area contributed by atoms with Gasteiger partial charge in [0, 0.05) is 25.1 Å². The van der Waals surface area contributed by atoms with Gasteiger partial charge in [-0.25, -0.2) is 18.7 Å². The maximum Gasteiger partial charge on any atom is 0.272 e. The third-order valence-electron chi connectivity index (χ3n) is 4.62. The van der Waals surface area contributed by atoms with E-state index in [1.165, 1.54) is 11.7 Å². The molecule has 8 nitrogen and oxygen atoms in total. The number of alkyl halides is 2. The Labute approximate surface area is 147 Å². The highest BCUT2D eigenvalue weighted by Crippen LogP contribution is 2.39. The molecule has 0 aliphatic carbocycles. The molecule has 4 heterocycles. The molecule has 0 bridgehead atoms. The third-order valence-corrected chi connectivity index (χ3v) is 4.62.